The second kappa shape index (κ2) is 2.67. The van der Waals surface area contributed by atoms with E-state index in [2.05, 4.69) is 22.4 Å². The molecule has 1 aliphatic heterocycles. The Morgan fingerprint density at radius 1 is 1.46 bits per heavy atom. The third-order valence-corrected chi connectivity index (χ3v) is 2.98. The minimum absolute atomic E-state index is 0.606. The Morgan fingerprint density at radius 2 is 2.46 bits per heavy atom. The van der Waals surface area contributed by atoms with Gasteiger partial charge in [-0.15, -0.1) is 0 Å². The summed E-state index contributed by atoms with van der Waals surface area (Å²) >= 11 is 0. The lowest BCUT2D eigenvalue weighted by Crippen LogP contribution is -2.36. The van der Waals surface area contributed by atoms with E-state index in [-0.39, 0.29) is 0 Å². The molecule has 3 rings (SSSR count). The van der Waals surface area contributed by atoms with Crippen molar-refractivity contribution in [3.8, 4) is 0 Å². The smallest absolute Gasteiger partial charge is 0.0343 e. The molecule has 2 heterocycles. The Morgan fingerprint density at radius 3 is 3.46 bits per heavy atom. The van der Waals surface area contributed by atoms with Gasteiger partial charge in [-0.2, -0.15) is 0 Å². The minimum atomic E-state index is 0.606. The Kier molecular flexibility index (Phi) is 1.49. The van der Waals surface area contributed by atoms with Crippen molar-refractivity contribution < 1.29 is 0 Å². The largest absolute Gasteiger partial charge is 0.310 e. The number of aromatic nitrogens is 1. The minimum Gasteiger partial charge on any atom is -0.310 e. The summed E-state index contributed by atoms with van der Waals surface area (Å²) in [5, 5.41) is 6.24. The quantitative estimate of drug-likeness (QED) is 0.585. The summed E-state index contributed by atoms with van der Waals surface area (Å²) in [6, 6.07) is 2.75. The second-order valence-corrected chi connectivity index (χ2v) is 3.68. The number of hydrogen-bond acceptors (Lipinski definition) is 2. The first kappa shape index (κ1) is 7.27. The van der Waals surface area contributed by atoms with Crippen molar-refractivity contribution >= 4 is 11.6 Å². The standard InChI is InChI=1S/C11H12N2/c1-2-11-10(4-6-13-11)9-3-5-12-7-8(1)9/h1,3,5,7,11,13H,2,4,6H2. The molecule has 1 fully saturated rings. The highest BCUT2D eigenvalue weighted by Gasteiger charge is 2.21. The van der Waals surface area contributed by atoms with E-state index in [9.17, 15) is 0 Å². The molecule has 0 spiro atoms. The summed E-state index contributed by atoms with van der Waals surface area (Å²) in [6.45, 7) is 1.13. The maximum absolute atomic E-state index is 4.15. The van der Waals surface area contributed by atoms with Gasteiger partial charge in [-0.1, -0.05) is 6.08 Å². The molecule has 2 aliphatic rings. The van der Waals surface area contributed by atoms with Gasteiger partial charge < -0.3 is 5.32 Å². The molecule has 13 heavy (non-hydrogen) atoms. The number of nitrogens with one attached hydrogen (secondary N) is 1. The number of pyridine rings is 1. The lowest BCUT2D eigenvalue weighted by Gasteiger charge is -2.13. The molecule has 1 aliphatic carbocycles. The van der Waals surface area contributed by atoms with E-state index in [1.165, 1.54) is 16.9 Å². The number of rotatable bonds is 0. The van der Waals surface area contributed by atoms with Crippen molar-refractivity contribution in [1.29, 1.82) is 0 Å². The molecule has 2 nitrogen and oxygen atoms in total. The Labute approximate surface area is 77.0 Å². The van der Waals surface area contributed by atoms with Crippen molar-refractivity contribution in [2.45, 2.75) is 18.9 Å². The maximum atomic E-state index is 4.15. The maximum Gasteiger partial charge on any atom is 0.0343 e. The molecule has 0 radical (unpaired) electrons. The van der Waals surface area contributed by atoms with Gasteiger partial charge in [0.1, 0.15) is 0 Å². The van der Waals surface area contributed by atoms with Crippen molar-refractivity contribution in [2.24, 2.45) is 0 Å². The molecule has 0 amide bonds. The third-order valence-electron chi connectivity index (χ3n) is 2.98. The molecule has 0 saturated carbocycles. The van der Waals surface area contributed by atoms with Crippen LogP contribution in [0.1, 0.15) is 12.8 Å². The molecular formula is C11H12N2. The number of nitrogens with zero attached hydrogens (tertiary/aromatic N) is 1. The molecule has 2 heteroatoms. The summed E-state index contributed by atoms with van der Waals surface area (Å²) < 4.78 is 0. The molecule has 1 saturated heterocycles. The molecule has 0 bridgehead atoms. The van der Waals surface area contributed by atoms with Crippen LogP contribution in [0.25, 0.3) is 11.6 Å². The van der Waals surface area contributed by atoms with Crippen LogP contribution in [0.5, 0.6) is 0 Å². The number of fused-ring (bicyclic) bond motifs is 2. The molecule has 1 aromatic rings. The Bertz CT molecular complexity index is 447. The zero-order valence-electron chi connectivity index (χ0n) is 7.46. The molecular weight excluding hydrogens is 160 g/mol. The summed E-state index contributed by atoms with van der Waals surface area (Å²) in [6.07, 6.45) is 8.48. The first-order chi connectivity index (χ1) is 6.45. The Balaban J connectivity index is 2.38. The van der Waals surface area contributed by atoms with Crippen LogP contribution < -0.4 is 15.8 Å². The van der Waals surface area contributed by atoms with Crippen LogP contribution >= 0.6 is 0 Å². The van der Waals surface area contributed by atoms with Gasteiger partial charge in [0, 0.05) is 18.4 Å². The predicted molar refractivity (Wildman–Crippen MR) is 52.4 cm³/mol. The van der Waals surface area contributed by atoms with Gasteiger partial charge in [0.25, 0.3) is 0 Å². The van der Waals surface area contributed by atoms with Gasteiger partial charge in [-0.05, 0) is 41.5 Å². The van der Waals surface area contributed by atoms with E-state index in [1.54, 1.807) is 5.57 Å². The topological polar surface area (TPSA) is 24.9 Å². The summed E-state index contributed by atoms with van der Waals surface area (Å²) in [4.78, 5) is 4.15. The van der Waals surface area contributed by atoms with Gasteiger partial charge in [-0.25, -0.2) is 0 Å². The molecule has 0 aromatic carbocycles. The van der Waals surface area contributed by atoms with E-state index in [4.69, 9.17) is 0 Å². The van der Waals surface area contributed by atoms with Crippen molar-refractivity contribution in [3.05, 3.63) is 28.9 Å². The van der Waals surface area contributed by atoms with Crippen LogP contribution in [-0.4, -0.2) is 17.6 Å². The summed E-state index contributed by atoms with van der Waals surface area (Å²) in [5.74, 6) is 0. The molecule has 66 valence electrons. The summed E-state index contributed by atoms with van der Waals surface area (Å²) in [5.41, 5.74) is 1.58. The fourth-order valence-electron chi connectivity index (χ4n) is 2.33. The normalized spacial score (nSPS) is 24.9. The first-order valence-electron chi connectivity index (χ1n) is 4.82. The van der Waals surface area contributed by atoms with Gasteiger partial charge >= 0.3 is 0 Å². The third kappa shape index (κ3) is 1.02. The van der Waals surface area contributed by atoms with E-state index in [0.29, 0.717) is 6.04 Å². The van der Waals surface area contributed by atoms with Crippen molar-refractivity contribution in [1.82, 2.24) is 10.3 Å². The zero-order chi connectivity index (χ0) is 8.67. The SMILES string of the molecule is C1=c2cnccc2=C2CCNC2C1. The molecule has 1 N–H and O–H groups in total. The van der Waals surface area contributed by atoms with Crippen molar-refractivity contribution in [3.63, 3.8) is 0 Å². The lowest BCUT2D eigenvalue weighted by atomic mass is 9.97. The average Bonchev–Trinajstić information content (AvgIpc) is 2.65. The van der Waals surface area contributed by atoms with Gasteiger partial charge in [0.2, 0.25) is 0 Å². The van der Waals surface area contributed by atoms with E-state index >= 15 is 0 Å². The highest BCUT2D eigenvalue weighted by molar-refractivity contribution is 5.58. The van der Waals surface area contributed by atoms with Crippen LogP contribution in [-0.2, 0) is 0 Å². The average molecular weight is 172 g/mol. The van der Waals surface area contributed by atoms with Crippen LogP contribution in [0.3, 0.4) is 0 Å². The van der Waals surface area contributed by atoms with Crippen molar-refractivity contribution in [2.75, 3.05) is 6.54 Å². The van der Waals surface area contributed by atoms with Gasteiger partial charge in [-0.3, -0.25) is 4.98 Å². The van der Waals surface area contributed by atoms with E-state index in [0.717, 1.165) is 13.0 Å². The second-order valence-electron chi connectivity index (χ2n) is 3.68. The van der Waals surface area contributed by atoms with Crippen LogP contribution in [0.15, 0.2) is 18.5 Å². The highest BCUT2D eigenvalue weighted by atomic mass is 14.9. The molecule has 1 atom stereocenters. The fraction of sp³-hybridized carbons (Fsp3) is 0.364. The van der Waals surface area contributed by atoms with Crippen LogP contribution in [0.4, 0.5) is 0 Å². The Hall–Kier alpha value is -1.15. The zero-order valence-corrected chi connectivity index (χ0v) is 7.46. The van der Waals surface area contributed by atoms with E-state index < -0.39 is 0 Å². The highest BCUT2D eigenvalue weighted by Crippen LogP contribution is 2.18. The monoisotopic (exact) mass is 172 g/mol. The predicted octanol–water partition coefficient (Wildman–Crippen LogP) is -0.222. The molecule has 1 unspecified atom stereocenters. The summed E-state index contributed by atoms with van der Waals surface area (Å²) in [7, 11) is 0. The fourth-order valence-corrected chi connectivity index (χ4v) is 2.33. The van der Waals surface area contributed by atoms with Crippen LogP contribution in [0.2, 0.25) is 0 Å². The van der Waals surface area contributed by atoms with E-state index in [1.807, 2.05) is 12.4 Å². The van der Waals surface area contributed by atoms with Crippen LogP contribution in [0, 0.1) is 0 Å². The van der Waals surface area contributed by atoms with Gasteiger partial charge in [0.15, 0.2) is 0 Å². The lowest BCUT2D eigenvalue weighted by molar-refractivity contribution is 0.699. The first-order valence-corrected chi connectivity index (χ1v) is 4.82. The molecule has 1 aromatic heterocycles. The number of hydrogen-bond donors (Lipinski definition) is 1. The van der Waals surface area contributed by atoms with Gasteiger partial charge in [0.05, 0.1) is 0 Å².